The fourth-order valence-corrected chi connectivity index (χ4v) is 2.81. The number of aliphatic imine (C=N–C) groups is 1. The predicted octanol–water partition coefficient (Wildman–Crippen LogP) is 3.97. The first-order valence-electron chi connectivity index (χ1n) is 5.49. The third-order valence-electron chi connectivity index (χ3n) is 2.33. The van der Waals surface area contributed by atoms with E-state index in [1.165, 1.54) is 23.5 Å². The highest BCUT2D eigenvalue weighted by molar-refractivity contribution is 8.45. The van der Waals surface area contributed by atoms with Crippen LogP contribution in [-0.4, -0.2) is 15.7 Å². The summed E-state index contributed by atoms with van der Waals surface area (Å²) in [4.78, 5) is 16.0. The van der Waals surface area contributed by atoms with Gasteiger partial charge in [0.15, 0.2) is 0 Å². The van der Waals surface area contributed by atoms with Gasteiger partial charge >= 0.3 is 0 Å². The van der Waals surface area contributed by atoms with E-state index in [1.807, 2.05) is 55.7 Å². The van der Waals surface area contributed by atoms with Crippen molar-refractivity contribution in [2.24, 2.45) is 4.99 Å². The molecule has 1 aliphatic heterocycles. The number of rotatable bonds is 2. The van der Waals surface area contributed by atoms with Gasteiger partial charge in [-0.1, -0.05) is 36.4 Å². The molecule has 1 heterocycles. The van der Waals surface area contributed by atoms with E-state index in [4.69, 9.17) is 0 Å². The second kappa shape index (κ2) is 6.07. The number of carbonyl (C=O) groups is 1. The molecule has 0 bridgehead atoms. The average Bonchev–Trinajstić information content (AvgIpc) is 2.71. The topological polar surface area (TPSA) is 29.4 Å². The van der Waals surface area contributed by atoms with E-state index >= 15 is 0 Å². The Kier molecular flexibility index (Phi) is 4.44. The predicted molar refractivity (Wildman–Crippen MR) is 81.7 cm³/mol. The maximum Gasteiger partial charge on any atom is 0.244 e. The zero-order valence-corrected chi connectivity index (χ0v) is 11.8. The molecule has 0 amide bonds. The fraction of sp³-hybridized carbons (Fsp3) is 0.143. The van der Waals surface area contributed by atoms with Gasteiger partial charge in [-0.25, -0.2) is 4.99 Å². The van der Waals surface area contributed by atoms with E-state index in [9.17, 15) is 4.79 Å². The summed E-state index contributed by atoms with van der Waals surface area (Å²) in [7, 11) is 0. The van der Waals surface area contributed by atoms with Crippen LogP contribution < -0.4 is 0 Å². The highest BCUT2D eigenvalue weighted by Crippen LogP contribution is 2.29. The van der Waals surface area contributed by atoms with Crippen molar-refractivity contribution in [3.63, 3.8) is 0 Å². The van der Waals surface area contributed by atoms with Crippen LogP contribution in [0, 0.1) is 0 Å². The Labute approximate surface area is 115 Å². The van der Waals surface area contributed by atoms with Gasteiger partial charge in [-0.2, -0.15) is 0 Å². The third-order valence-corrected chi connectivity index (χ3v) is 4.18. The SMILES string of the molecule is CSC1=NC(=CC(C)=Cc2ccccc2)C(=O)S1. The smallest absolute Gasteiger partial charge is 0.244 e. The van der Waals surface area contributed by atoms with E-state index in [0.29, 0.717) is 5.70 Å². The Morgan fingerprint density at radius 2 is 2.06 bits per heavy atom. The Hall–Kier alpha value is -1.26. The second-order valence-electron chi connectivity index (χ2n) is 3.80. The number of hydrogen-bond acceptors (Lipinski definition) is 4. The Morgan fingerprint density at radius 3 is 2.67 bits per heavy atom. The molecule has 0 unspecified atom stereocenters. The lowest BCUT2D eigenvalue weighted by Crippen LogP contribution is -1.88. The lowest BCUT2D eigenvalue weighted by atomic mass is 10.1. The largest absolute Gasteiger partial charge is 0.279 e. The van der Waals surface area contributed by atoms with Crippen LogP contribution in [0.5, 0.6) is 0 Å². The van der Waals surface area contributed by atoms with E-state index < -0.39 is 0 Å². The van der Waals surface area contributed by atoms with Gasteiger partial charge in [0.2, 0.25) is 5.12 Å². The van der Waals surface area contributed by atoms with Gasteiger partial charge in [0.05, 0.1) is 0 Å². The second-order valence-corrected chi connectivity index (χ2v) is 5.81. The van der Waals surface area contributed by atoms with E-state index in [0.717, 1.165) is 15.5 Å². The summed E-state index contributed by atoms with van der Waals surface area (Å²) in [6.07, 6.45) is 5.80. The molecule has 0 aliphatic carbocycles. The van der Waals surface area contributed by atoms with Crippen LogP contribution >= 0.6 is 23.5 Å². The van der Waals surface area contributed by atoms with Crippen LogP contribution in [0.15, 0.2) is 52.7 Å². The zero-order valence-electron chi connectivity index (χ0n) is 10.2. The van der Waals surface area contributed by atoms with Crippen molar-refractivity contribution < 1.29 is 4.79 Å². The molecule has 4 heteroatoms. The molecular formula is C14H13NOS2. The lowest BCUT2D eigenvalue weighted by molar-refractivity contribution is -0.107. The van der Waals surface area contributed by atoms with E-state index in [2.05, 4.69) is 4.99 Å². The summed E-state index contributed by atoms with van der Waals surface area (Å²) >= 11 is 2.70. The molecule has 18 heavy (non-hydrogen) atoms. The Bertz CT molecular complexity index is 544. The monoisotopic (exact) mass is 275 g/mol. The van der Waals surface area contributed by atoms with Gasteiger partial charge in [0.1, 0.15) is 10.1 Å². The van der Waals surface area contributed by atoms with Crippen molar-refractivity contribution in [2.45, 2.75) is 6.92 Å². The van der Waals surface area contributed by atoms with Gasteiger partial charge in [-0.3, -0.25) is 4.79 Å². The van der Waals surface area contributed by atoms with Gasteiger partial charge < -0.3 is 0 Å². The Morgan fingerprint density at radius 1 is 1.33 bits per heavy atom. The van der Waals surface area contributed by atoms with Gasteiger partial charge in [0, 0.05) is 0 Å². The standard InChI is InChI=1S/C14H13NOS2/c1-10(8-11-6-4-3-5-7-11)9-12-13(16)18-14(15-12)17-2/h3-9H,1-2H3. The number of hydrogen-bond donors (Lipinski definition) is 0. The first-order valence-corrected chi connectivity index (χ1v) is 7.53. The maximum absolute atomic E-state index is 11.7. The van der Waals surface area contributed by atoms with Crippen molar-refractivity contribution in [2.75, 3.05) is 6.26 Å². The van der Waals surface area contributed by atoms with E-state index in [-0.39, 0.29) is 5.12 Å². The molecule has 0 atom stereocenters. The van der Waals surface area contributed by atoms with Crippen LogP contribution in [0.4, 0.5) is 0 Å². The third kappa shape index (κ3) is 3.37. The van der Waals surface area contributed by atoms with E-state index in [1.54, 1.807) is 0 Å². The summed E-state index contributed by atoms with van der Waals surface area (Å²) in [6.45, 7) is 1.98. The average molecular weight is 275 g/mol. The molecule has 2 nitrogen and oxygen atoms in total. The number of benzene rings is 1. The van der Waals surface area contributed by atoms with Crippen LogP contribution in [-0.2, 0) is 4.79 Å². The van der Waals surface area contributed by atoms with Crippen LogP contribution in [0.3, 0.4) is 0 Å². The van der Waals surface area contributed by atoms with Crippen LogP contribution in [0.25, 0.3) is 6.08 Å². The Balaban J connectivity index is 2.21. The lowest BCUT2D eigenvalue weighted by Gasteiger charge is -1.95. The molecule has 0 radical (unpaired) electrons. The molecule has 0 fully saturated rings. The fourth-order valence-electron chi connectivity index (χ4n) is 1.55. The maximum atomic E-state index is 11.7. The van der Waals surface area contributed by atoms with Crippen molar-refractivity contribution in [1.29, 1.82) is 0 Å². The molecule has 0 spiro atoms. The number of carbonyl (C=O) groups excluding carboxylic acids is 1. The first-order chi connectivity index (χ1) is 8.69. The summed E-state index contributed by atoms with van der Waals surface area (Å²) in [6, 6.07) is 10.0. The van der Waals surface area contributed by atoms with Gasteiger partial charge in [0.25, 0.3) is 0 Å². The highest BCUT2D eigenvalue weighted by Gasteiger charge is 2.20. The van der Waals surface area contributed by atoms with Gasteiger partial charge in [-0.15, -0.1) is 11.8 Å². The van der Waals surface area contributed by atoms with Crippen molar-refractivity contribution in [3.05, 3.63) is 53.2 Å². The zero-order chi connectivity index (χ0) is 13.0. The summed E-state index contributed by atoms with van der Waals surface area (Å²) in [5.74, 6) is 0. The van der Waals surface area contributed by atoms with Crippen LogP contribution in [0.1, 0.15) is 12.5 Å². The van der Waals surface area contributed by atoms with Crippen molar-refractivity contribution in [1.82, 2.24) is 0 Å². The molecule has 1 aromatic rings. The molecule has 0 aromatic heterocycles. The molecule has 1 aliphatic rings. The summed E-state index contributed by atoms with van der Waals surface area (Å²) < 4.78 is 0.818. The minimum Gasteiger partial charge on any atom is -0.279 e. The molecule has 1 aromatic carbocycles. The van der Waals surface area contributed by atoms with Crippen molar-refractivity contribution in [3.8, 4) is 0 Å². The molecular weight excluding hydrogens is 262 g/mol. The molecule has 2 rings (SSSR count). The molecule has 0 N–H and O–H groups in total. The van der Waals surface area contributed by atoms with Crippen molar-refractivity contribution >= 4 is 39.1 Å². The highest BCUT2D eigenvalue weighted by atomic mass is 32.2. The first kappa shape index (κ1) is 13.2. The van der Waals surface area contributed by atoms with Gasteiger partial charge in [-0.05, 0) is 42.2 Å². The van der Waals surface area contributed by atoms with Crippen LogP contribution in [0.2, 0.25) is 0 Å². The summed E-state index contributed by atoms with van der Waals surface area (Å²) in [5.41, 5.74) is 2.68. The minimum absolute atomic E-state index is 0.0279. The number of nitrogens with zero attached hydrogens (tertiary/aromatic N) is 1. The number of thioether (sulfide) groups is 2. The molecule has 0 saturated carbocycles. The quantitative estimate of drug-likeness (QED) is 0.765. The normalized spacial score (nSPS) is 18.3. The number of allylic oxidation sites excluding steroid dienone is 2. The minimum atomic E-state index is 0.0279. The molecule has 0 saturated heterocycles. The summed E-state index contributed by atoms with van der Waals surface area (Å²) in [5, 5.41) is 0.0279. The molecule has 92 valence electrons.